The number of aliphatic carboxylic acids is 1. The Morgan fingerprint density at radius 3 is 2.57 bits per heavy atom. The third kappa shape index (κ3) is 3.65. The number of likely N-dealkylation sites (tertiary alicyclic amines) is 1. The van der Waals surface area contributed by atoms with E-state index in [1.54, 1.807) is 4.90 Å². The fourth-order valence-electron chi connectivity index (χ4n) is 2.48. The summed E-state index contributed by atoms with van der Waals surface area (Å²) in [4.78, 5) is 29.0. The molecular weight excluding hydrogens is 316 g/mol. The second-order valence-corrected chi connectivity index (χ2v) is 6.07. The van der Waals surface area contributed by atoms with Crippen LogP contribution in [0.1, 0.15) is 12.8 Å². The van der Waals surface area contributed by atoms with Gasteiger partial charge in [0.25, 0.3) is 0 Å². The lowest BCUT2D eigenvalue weighted by Gasteiger charge is -2.29. The Morgan fingerprint density at radius 1 is 1.22 bits per heavy atom. The molecule has 1 aliphatic heterocycles. The summed E-state index contributed by atoms with van der Waals surface area (Å²) in [5.41, 5.74) is 0.895. The highest BCUT2D eigenvalue weighted by Crippen LogP contribution is 2.22. The van der Waals surface area contributed by atoms with Gasteiger partial charge in [-0.3, -0.25) is 10.1 Å². The summed E-state index contributed by atoms with van der Waals surface area (Å²) >= 11 is 1.13. The number of amides is 2. The fraction of sp³-hybridized carbons (Fsp3) is 0.333. The average molecular weight is 332 g/mol. The molecule has 0 atom stereocenters. The molecule has 8 heteroatoms. The first-order chi connectivity index (χ1) is 11.1. The summed E-state index contributed by atoms with van der Waals surface area (Å²) in [7, 11) is 0. The van der Waals surface area contributed by atoms with E-state index in [9.17, 15) is 9.59 Å². The Balaban J connectivity index is 1.59. The van der Waals surface area contributed by atoms with Gasteiger partial charge in [0, 0.05) is 30.2 Å². The number of aromatic nitrogens is 2. The largest absolute Gasteiger partial charge is 0.481 e. The minimum atomic E-state index is -0.790. The van der Waals surface area contributed by atoms with Crippen LogP contribution in [0.2, 0.25) is 0 Å². The van der Waals surface area contributed by atoms with Gasteiger partial charge in [-0.05, 0) is 12.8 Å². The molecule has 7 nitrogen and oxygen atoms in total. The molecule has 2 N–H and O–H groups in total. The van der Waals surface area contributed by atoms with Crippen LogP contribution < -0.4 is 5.32 Å². The Kier molecular flexibility index (Phi) is 4.52. The maximum absolute atomic E-state index is 12.2. The number of carboxylic acid groups (broad SMARTS) is 1. The van der Waals surface area contributed by atoms with Crippen LogP contribution in [-0.4, -0.2) is 44.5 Å². The molecule has 0 unspecified atom stereocenters. The quantitative estimate of drug-likeness (QED) is 0.900. The van der Waals surface area contributed by atoms with Gasteiger partial charge in [0.1, 0.15) is 0 Å². The predicted molar refractivity (Wildman–Crippen MR) is 86.3 cm³/mol. The number of urea groups is 1. The van der Waals surface area contributed by atoms with E-state index in [-0.39, 0.29) is 11.9 Å². The summed E-state index contributed by atoms with van der Waals surface area (Å²) < 4.78 is 4.24. The summed E-state index contributed by atoms with van der Waals surface area (Å²) in [6.45, 7) is 0.875. The molecule has 2 amide bonds. The van der Waals surface area contributed by atoms with Crippen LogP contribution in [0.5, 0.6) is 0 Å². The van der Waals surface area contributed by atoms with Gasteiger partial charge in [-0.15, -0.1) is 0 Å². The molecule has 1 aromatic carbocycles. The molecule has 2 aromatic rings. The minimum absolute atomic E-state index is 0.260. The third-order valence-corrected chi connectivity index (χ3v) is 4.43. The van der Waals surface area contributed by atoms with Crippen molar-refractivity contribution in [2.45, 2.75) is 12.8 Å². The van der Waals surface area contributed by atoms with E-state index in [1.165, 1.54) is 0 Å². The highest BCUT2D eigenvalue weighted by molar-refractivity contribution is 7.10. The second-order valence-electron chi connectivity index (χ2n) is 5.32. The molecule has 1 aromatic heterocycles. The van der Waals surface area contributed by atoms with Gasteiger partial charge in [0.15, 0.2) is 5.82 Å². The smallest absolute Gasteiger partial charge is 0.323 e. The van der Waals surface area contributed by atoms with E-state index < -0.39 is 5.97 Å². The van der Waals surface area contributed by atoms with Gasteiger partial charge in [0.05, 0.1) is 5.92 Å². The predicted octanol–water partition coefficient (Wildman–Crippen LogP) is 2.53. The molecule has 0 spiro atoms. The Labute approximate surface area is 137 Å². The molecule has 0 saturated carbocycles. The van der Waals surface area contributed by atoms with Crippen molar-refractivity contribution in [3.05, 3.63) is 30.3 Å². The van der Waals surface area contributed by atoms with Gasteiger partial charge in [-0.2, -0.15) is 9.36 Å². The number of carbonyl (C=O) groups excluding carboxylic acids is 1. The van der Waals surface area contributed by atoms with Gasteiger partial charge in [0.2, 0.25) is 5.13 Å². The van der Waals surface area contributed by atoms with Crippen molar-refractivity contribution in [1.82, 2.24) is 14.3 Å². The molecule has 2 heterocycles. The number of anilines is 1. The molecule has 0 radical (unpaired) electrons. The molecule has 120 valence electrons. The standard InChI is InChI=1S/C15H16N4O3S/c20-13(21)11-6-8-19(9-7-11)15(22)17-14-16-12(18-23-14)10-4-2-1-3-5-10/h1-5,11H,6-9H2,(H,20,21)(H,16,17,18,22). The van der Waals surface area contributed by atoms with E-state index in [0.717, 1.165) is 17.1 Å². The molecule has 0 bridgehead atoms. The van der Waals surface area contributed by atoms with Crippen LogP contribution in [0.25, 0.3) is 11.4 Å². The average Bonchev–Trinajstić information content (AvgIpc) is 3.04. The van der Waals surface area contributed by atoms with Crippen LogP contribution in [0, 0.1) is 5.92 Å². The first-order valence-electron chi connectivity index (χ1n) is 7.31. The van der Waals surface area contributed by atoms with Crippen molar-refractivity contribution < 1.29 is 14.7 Å². The summed E-state index contributed by atoms with van der Waals surface area (Å²) in [5, 5.41) is 12.1. The van der Waals surface area contributed by atoms with E-state index in [2.05, 4.69) is 14.7 Å². The fourth-order valence-corrected chi connectivity index (χ4v) is 3.06. The van der Waals surface area contributed by atoms with Gasteiger partial charge < -0.3 is 10.0 Å². The number of nitrogens with one attached hydrogen (secondary N) is 1. The van der Waals surface area contributed by atoms with Crippen molar-refractivity contribution in [3.8, 4) is 11.4 Å². The van der Waals surface area contributed by atoms with Crippen molar-refractivity contribution in [3.63, 3.8) is 0 Å². The van der Waals surface area contributed by atoms with Crippen LogP contribution in [-0.2, 0) is 4.79 Å². The maximum atomic E-state index is 12.2. The van der Waals surface area contributed by atoms with Crippen LogP contribution in [0.15, 0.2) is 30.3 Å². The van der Waals surface area contributed by atoms with Crippen molar-refractivity contribution in [1.29, 1.82) is 0 Å². The van der Waals surface area contributed by atoms with E-state index in [0.29, 0.717) is 36.9 Å². The van der Waals surface area contributed by atoms with E-state index in [1.807, 2.05) is 30.3 Å². The Bertz CT molecular complexity index is 696. The van der Waals surface area contributed by atoms with Crippen molar-refractivity contribution in [2.24, 2.45) is 5.92 Å². The first-order valence-corrected chi connectivity index (χ1v) is 8.08. The maximum Gasteiger partial charge on any atom is 0.323 e. The summed E-state index contributed by atoms with van der Waals surface area (Å²) in [6, 6.07) is 9.28. The zero-order chi connectivity index (χ0) is 16.2. The van der Waals surface area contributed by atoms with E-state index in [4.69, 9.17) is 5.11 Å². The Morgan fingerprint density at radius 2 is 1.91 bits per heavy atom. The highest BCUT2D eigenvalue weighted by atomic mass is 32.1. The first kappa shape index (κ1) is 15.4. The number of rotatable bonds is 3. The molecule has 0 aliphatic carbocycles. The number of hydrogen-bond donors (Lipinski definition) is 2. The molecule has 1 aliphatic rings. The molecule has 1 fully saturated rings. The monoisotopic (exact) mass is 332 g/mol. The zero-order valence-corrected chi connectivity index (χ0v) is 13.1. The van der Waals surface area contributed by atoms with Crippen LogP contribution in [0.3, 0.4) is 0 Å². The number of carboxylic acids is 1. The summed E-state index contributed by atoms with van der Waals surface area (Å²) in [5.74, 6) is -0.567. The number of carbonyl (C=O) groups is 2. The molecule has 23 heavy (non-hydrogen) atoms. The van der Waals surface area contributed by atoms with Crippen LogP contribution >= 0.6 is 11.5 Å². The number of nitrogens with zero attached hydrogens (tertiary/aromatic N) is 3. The van der Waals surface area contributed by atoms with Crippen molar-refractivity contribution in [2.75, 3.05) is 18.4 Å². The van der Waals surface area contributed by atoms with Crippen LogP contribution in [0.4, 0.5) is 9.93 Å². The Hall–Kier alpha value is -2.48. The lowest BCUT2D eigenvalue weighted by molar-refractivity contribution is -0.143. The molecule has 3 rings (SSSR count). The molecular formula is C15H16N4O3S. The summed E-state index contributed by atoms with van der Waals surface area (Å²) in [6.07, 6.45) is 0.961. The van der Waals surface area contributed by atoms with Gasteiger partial charge in [-0.25, -0.2) is 4.79 Å². The number of hydrogen-bond acceptors (Lipinski definition) is 5. The highest BCUT2D eigenvalue weighted by Gasteiger charge is 2.27. The van der Waals surface area contributed by atoms with E-state index >= 15 is 0 Å². The number of piperidine rings is 1. The SMILES string of the molecule is O=C(O)C1CCN(C(=O)Nc2nc(-c3ccccc3)ns2)CC1. The topological polar surface area (TPSA) is 95.4 Å². The third-order valence-electron chi connectivity index (χ3n) is 3.80. The molecule has 1 saturated heterocycles. The lowest BCUT2D eigenvalue weighted by Crippen LogP contribution is -2.42. The van der Waals surface area contributed by atoms with Gasteiger partial charge >= 0.3 is 12.0 Å². The van der Waals surface area contributed by atoms with Gasteiger partial charge in [-0.1, -0.05) is 30.3 Å². The van der Waals surface area contributed by atoms with Crippen molar-refractivity contribution >= 4 is 28.7 Å². The number of benzene rings is 1. The minimum Gasteiger partial charge on any atom is -0.481 e. The lowest BCUT2D eigenvalue weighted by atomic mass is 9.97. The normalized spacial score (nSPS) is 15.4. The zero-order valence-electron chi connectivity index (χ0n) is 12.3. The second kappa shape index (κ2) is 6.74.